The summed E-state index contributed by atoms with van der Waals surface area (Å²) < 4.78 is 0. The third-order valence-electron chi connectivity index (χ3n) is 2.90. The van der Waals surface area contributed by atoms with Gasteiger partial charge in [-0.05, 0) is 18.9 Å². The van der Waals surface area contributed by atoms with Crippen LogP contribution in [0, 0.1) is 10.1 Å². The fourth-order valence-electron chi connectivity index (χ4n) is 1.95. The molecular weight excluding hydrogens is 248 g/mol. The van der Waals surface area contributed by atoms with Gasteiger partial charge in [0.2, 0.25) is 0 Å². The second kappa shape index (κ2) is 6.84. The first kappa shape index (κ1) is 15.1. The van der Waals surface area contributed by atoms with Crippen LogP contribution in [-0.4, -0.2) is 22.0 Å². The zero-order valence-corrected chi connectivity index (χ0v) is 11.0. The lowest BCUT2D eigenvalue weighted by Gasteiger charge is -2.13. The molecular formula is C13H18N2O4. The number of nitro benzene ring substituents is 1. The summed E-state index contributed by atoms with van der Waals surface area (Å²) in [6, 6.07) is 4.56. The predicted molar refractivity (Wildman–Crippen MR) is 71.3 cm³/mol. The number of aromatic carboxylic acids is 1. The van der Waals surface area contributed by atoms with Crippen molar-refractivity contribution in [3.05, 3.63) is 39.4 Å². The Kier molecular flexibility index (Phi) is 5.44. The SMILES string of the molecule is CCCC(C)NCc1cccc([N+](=O)[O-])c1C(=O)O. The second-order valence-electron chi connectivity index (χ2n) is 4.44. The molecule has 19 heavy (non-hydrogen) atoms. The van der Waals surface area contributed by atoms with Gasteiger partial charge in [0.25, 0.3) is 5.69 Å². The molecule has 0 heterocycles. The van der Waals surface area contributed by atoms with Crippen LogP contribution in [0.2, 0.25) is 0 Å². The first-order chi connectivity index (χ1) is 8.97. The molecule has 0 aliphatic carbocycles. The van der Waals surface area contributed by atoms with Crippen molar-refractivity contribution >= 4 is 11.7 Å². The quantitative estimate of drug-likeness (QED) is 0.584. The molecule has 0 radical (unpaired) electrons. The van der Waals surface area contributed by atoms with Crippen molar-refractivity contribution in [1.82, 2.24) is 5.32 Å². The topological polar surface area (TPSA) is 92.5 Å². The van der Waals surface area contributed by atoms with E-state index >= 15 is 0 Å². The molecule has 2 N–H and O–H groups in total. The minimum atomic E-state index is -1.27. The zero-order valence-electron chi connectivity index (χ0n) is 11.0. The minimum Gasteiger partial charge on any atom is -0.477 e. The summed E-state index contributed by atoms with van der Waals surface area (Å²) in [5.74, 6) is -1.27. The zero-order chi connectivity index (χ0) is 14.4. The van der Waals surface area contributed by atoms with Crippen molar-refractivity contribution in [3.8, 4) is 0 Å². The Morgan fingerprint density at radius 1 is 1.53 bits per heavy atom. The van der Waals surface area contributed by atoms with E-state index in [-0.39, 0.29) is 17.3 Å². The lowest BCUT2D eigenvalue weighted by atomic mass is 10.0. The summed E-state index contributed by atoms with van der Waals surface area (Å²) in [5, 5.41) is 23.1. The molecule has 0 aromatic heterocycles. The van der Waals surface area contributed by atoms with Gasteiger partial charge in [0, 0.05) is 18.7 Å². The maximum Gasteiger partial charge on any atom is 0.343 e. The minimum absolute atomic E-state index is 0.233. The van der Waals surface area contributed by atoms with Crippen molar-refractivity contribution in [3.63, 3.8) is 0 Å². The van der Waals surface area contributed by atoms with Crippen molar-refractivity contribution in [2.24, 2.45) is 0 Å². The van der Waals surface area contributed by atoms with Gasteiger partial charge < -0.3 is 10.4 Å². The number of hydrogen-bond donors (Lipinski definition) is 2. The van der Waals surface area contributed by atoms with Crippen LogP contribution >= 0.6 is 0 Å². The number of carboxylic acids is 1. The van der Waals surface area contributed by atoms with Crippen LogP contribution in [0.25, 0.3) is 0 Å². The molecule has 0 spiro atoms. The molecule has 1 aromatic rings. The summed E-state index contributed by atoms with van der Waals surface area (Å²) in [6.45, 7) is 4.37. The molecule has 0 amide bonds. The van der Waals surface area contributed by atoms with Crippen molar-refractivity contribution in [1.29, 1.82) is 0 Å². The number of hydrogen-bond acceptors (Lipinski definition) is 4. The number of carboxylic acid groups (broad SMARTS) is 1. The van der Waals surface area contributed by atoms with Gasteiger partial charge in [-0.3, -0.25) is 10.1 Å². The highest BCUT2D eigenvalue weighted by molar-refractivity contribution is 5.94. The maximum absolute atomic E-state index is 11.2. The Bertz CT molecular complexity index is 474. The molecule has 1 atom stereocenters. The van der Waals surface area contributed by atoms with E-state index in [1.807, 2.05) is 6.92 Å². The Morgan fingerprint density at radius 2 is 2.21 bits per heavy atom. The molecule has 0 saturated heterocycles. The fourth-order valence-corrected chi connectivity index (χ4v) is 1.95. The molecule has 0 saturated carbocycles. The van der Waals surface area contributed by atoms with E-state index in [0.29, 0.717) is 12.1 Å². The van der Waals surface area contributed by atoms with E-state index in [0.717, 1.165) is 12.8 Å². The van der Waals surface area contributed by atoms with Gasteiger partial charge in [0.15, 0.2) is 0 Å². The lowest BCUT2D eigenvalue weighted by molar-refractivity contribution is -0.385. The van der Waals surface area contributed by atoms with Crippen LogP contribution in [0.5, 0.6) is 0 Å². The predicted octanol–water partition coefficient (Wildman–Crippen LogP) is 2.57. The molecule has 0 aliphatic heterocycles. The van der Waals surface area contributed by atoms with Crippen LogP contribution in [-0.2, 0) is 6.54 Å². The number of nitro groups is 1. The summed E-state index contributed by atoms with van der Waals surface area (Å²) in [6.07, 6.45) is 1.99. The van der Waals surface area contributed by atoms with E-state index in [9.17, 15) is 14.9 Å². The molecule has 1 aromatic carbocycles. The van der Waals surface area contributed by atoms with Crippen LogP contribution in [0.1, 0.15) is 42.6 Å². The highest BCUT2D eigenvalue weighted by Gasteiger charge is 2.23. The van der Waals surface area contributed by atoms with Gasteiger partial charge in [-0.15, -0.1) is 0 Å². The van der Waals surface area contributed by atoms with E-state index in [4.69, 9.17) is 5.11 Å². The van der Waals surface area contributed by atoms with Crippen LogP contribution in [0.3, 0.4) is 0 Å². The Hall–Kier alpha value is -1.95. The first-order valence-corrected chi connectivity index (χ1v) is 6.20. The van der Waals surface area contributed by atoms with Gasteiger partial charge in [0.1, 0.15) is 5.56 Å². The summed E-state index contributed by atoms with van der Waals surface area (Å²) >= 11 is 0. The smallest absolute Gasteiger partial charge is 0.343 e. The third kappa shape index (κ3) is 4.03. The molecule has 1 rings (SSSR count). The highest BCUT2D eigenvalue weighted by Crippen LogP contribution is 2.22. The first-order valence-electron chi connectivity index (χ1n) is 6.20. The highest BCUT2D eigenvalue weighted by atomic mass is 16.6. The normalized spacial score (nSPS) is 12.1. The number of carbonyl (C=O) groups is 1. The Labute approximate surface area is 111 Å². The molecule has 104 valence electrons. The average molecular weight is 266 g/mol. The molecule has 0 aliphatic rings. The van der Waals surface area contributed by atoms with Gasteiger partial charge in [-0.25, -0.2) is 4.79 Å². The Morgan fingerprint density at radius 3 is 2.74 bits per heavy atom. The largest absolute Gasteiger partial charge is 0.477 e. The van der Waals surface area contributed by atoms with Gasteiger partial charge in [-0.2, -0.15) is 0 Å². The summed E-state index contributed by atoms with van der Waals surface area (Å²) in [4.78, 5) is 21.4. The average Bonchev–Trinajstić information content (AvgIpc) is 2.35. The lowest BCUT2D eigenvalue weighted by Crippen LogP contribution is -2.26. The number of rotatable bonds is 7. The van der Waals surface area contributed by atoms with Crippen LogP contribution in [0.15, 0.2) is 18.2 Å². The van der Waals surface area contributed by atoms with E-state index in [1.165, 1.54) is 12.1 Å². The van der Waals surface area contributed by atoms with Crippen LogP contribution < -0.4 is 5.32 Å². The molecule has 6 nitrogen and oxygen atoms in total. The molecule has 0 fully saturated rings. The Balaban J connectivity index is 2.97. The summed E-state index contributed by atoms with van der Waals surface area (Å²) in [7, 11) is 0. The third-order valence-corrected chi connectivity index (χ3v) is 2.90. The molecule has 6 heteroatoms. The van der Waals surface area contributed by atoms with Gasteiger partial charge in [-0.1, -0.05) is 25.5 Å². The van der Waals surface area contributed by atoms with Crippen molar-refractivity contribution < 1.29 is 14.8 Å². The van der Waals surface area contributed by atoms with Crippen LogP contribution in [0.4, 0.5) is 5.69 Å². The summed E-state index contributed by atoms with van der Waals surface area (Å²) in [5.41, 5.74) is -0.164. The number of benzene rings is 1. The number of nitrogens with one attached hydrogen (secondary N) is 1. The van der Waals surface area contributed by atoms with E-state index in [2.05, 4.69) is 12.2 Å². The standard InChI is InChI=1S/C13H18N2O4/c1-3-5-9(2)14-8-10-6-4-7-11(15(18)19)12(10)13(16)17/h4,6-7,9,14H,3,5,8H2,1-2H3,(H,16,17). The van der Waals surface area contributed by atoms with Gasteiger partial charge in [0.05, 0.1) is 4.92 Å². The molecule has 0 bridgehead atoms. The van der Waals surface area contributed by atoms with Gasteiger partial charge >= 0.3 is 5.97 Å². The van der Waals surface area contributed by atoms with E-state index in [1.54, 1.807) is 6.07 Å². The fraction of sp³-hybridized carbons (Fsp3) is 0.462. The second-order valence-corrected chi connectivity index (χ2v) is 4.44. The van der Waals surface area contributed by atoms with E-state index < -0.39 is 10.9 Å². The molecule has 1 unspecified atom stereocenters. The van der Waals surface area contributed by atoms with Crippen molar-refractivity contribution in [2.45, 2.75) is 39.3 Å². The monoisotopic (exact) mass is 266 g/mol. The maximum atomic E-state index is 11.2. The van der Waals surface area contributed by atoms with Crippen molar-refractivity contribution in [2.75, 3.05) is 0 Å². The number of nitrogens with zero attached hydrogens (tertiary/aromatic N) is 1.